The number of aliphatic imine (C=N–C) groups is 1. The number of hydrogen-bond donors (Lipinski definition) is 2. The number of likely N-dealkylation sites (N-methyl/N-ethyl adjacent to an activating group) is 1. The number of benzene rings is 1. The van der Waals surface area contributed by atoms with Gasteiger partial charge in [-0.1, -0.05) is 0 Å². The van der Waals surface area contributed by atoms with E-state index in [1.807, 2.05) is 6.07 Å². The van der Waals surface area contributed by atoms with Crippen LogP contribution in [-0.2, 0) is 13.1 Å². The average molecular weight is 555 g/mol. The number of nitrogens with one attached hydrogen (secondary N) is 1. The van der Waals surface area contributed by atoms with E-state index in [0.29, 0.717) is 28.8 Å². The molecule has 1 aromatic carbocycles. The van der Waals surface area contributed by atoms with Crippen LogP contribution in [0.15, 0.2) is 35.2 Å². The van der Waals surface area contributed by atoms with Crippen LogP contribution in [0, 0.1) is 11.6 Å². The minimum absolute atomic E-state index is 0.155. The van der Waals surface area contributed by atoms with Crippen LogP contribution < -0.4 is 25.0 Å². The number of hydrogen-bond acceptors (Lipinski definition) is 8. The van der Waals surface area contributed by atoms with Crippen LogP contribution in [0.2, 0.25) is 0 Å². The number of rotatable bonds is 7. The van der Waals surface area contributed by atoms with Gasteiger partial charge in [-0.2, -0.15) is 0 Å². The second-order valence-electron chi connectivity index (χ2n) is 9.71. The van der Waals surface area contributed by atoms with Crippen LogP contribution >= 0.6 is 0 Å². The zero-order chi connectivity index (χ0) is 28.6. The Morgan fingerprint density at radius 1 is 1.12 bits per heavy atom. The van der Waals surface area contributed by atoms with Crippen molar-refractivity contribution in [3.8, 4) is 11.5 Å². The number of carbonyl (C=O) groups is 1. The quantitative estimate of drug-likeness (QED) is 0.432. The van der Waals surface area contributed by atoms with Gasteiger partial charge in [0.25, 0.3) is 0 Å². The van der Waals surface area contributed by atoms with E-state index in [1.54, 1.807) is 6.20 Å². The van der Waals surface area contributed by atoms with E-state index >= 15 is 8.78 Å². The number of nitrogens with two attached hydrogens (primary N) is 1. The van der Waals surface area contributed by atoms with Crippen LogP contribution in [0.1, 0.15) is 11.3 Å². The lowest BCUT2D eigenvalue weighted by atomic mass is 10.1. The fraction of sp³-hybridized carbons (Fsp3) is 0.370. The molecule has 40 heavy (non-hydrogen) atoms. The number of allylic oxidation sites excluding steroid dienone is 1. The molecule has 11 nitrogen and oxygen atoms in total. The SMILES string of the molecule is CN=C/C(=C\N)N1C(=O)N(c2c(F)c(OC)cc(OC)c2F)Cc2cnc3[nH]c(CN4CCN(C)CC4)cc3c21. The van der Waals surface area contributed by atoms with Gasteiger partial charge in [0.1, 0.15) is 11.3 Å². The molecule has 2 amide bonds. The zero-order valence-corrected chi connectivity index (χ0v) is 22.9. The maximum absolute atomic E-state index is 15.5. The van der Waals surface area contributed by atoms with Crippen molar-refractivity contribution in [2.45, 2.75) is 13.1 Å². The van der Waals surface area contributed by atoms with E-state index in [-0.39, 0.29) is 23.7 Å². The molecule has 2 aliphatic heterocycles. The summed E-state index contributed by atoms with van der Waals surface area (Å²) in [7, 11) is 6.14. The third-order valence-electron chi connectivity index (χ3n) is 7.24. The molecule has 1 saturated heterocycles. The highest BCUT2D eigenvalue weighted by atomic mass is 19.1. The molecule has 5 rings (SSSR count). The molecule has 1 fully saturated rings. The summed E-state index contributed by atoms with van der Waals surface area (Å²) in [5.41, 5.74) is 8.15. The summed E-state index contributed by atoms with van der Waals surface area (Å²) in [5.74, 6) is -2.61. The van der Waals surface area contributed by atoms with Crippen LogP contribution in [-0.4, -0.2) is 86.5 Å². The predicted molar refractivity (Wildman–Crippen MR) is 149 cm³/mol. The van der Waals surface area contributed by atoms with Crippen molar-refractivity contribution in [1.82, 2.24) is 19.8 Å². The average Bonchev–Trinajstić information content (AvgIpc) is 3.36. The van der Waals surface area contributed by atoms with Gasteiger partial charge in [0.2, 0.25) is 0 Å². The topological polar surface area (TPSA) is 116 Å². The number of H-pyrrole nitrogens is 1. The molecule has 0 spiro atoms. The fourth-order valence-corrected chi connectivity index (χ4v) is 5.15. The first-order valence-corrected chi connectivity index (χ1v) is 12.8. The maximum Gasteiger partial charge on any atom is 0.334 e. The third-order valence-corrected chi connectivity index (χ3v) is 7.24. The predicted octanol–water partition coefficient (Wildman–Crippen LogP) is 3.05. The Kier molecular flexibility index (Phi) is 7.59. The molecule has 3 N–H and O–H groups in total. The zero-order valence-electron chi connectivity index (χ0n) is 22.9. The molecule has 0 aliphatic carbocycles. The summed E-state index contributed by atoms with van der Waals surface area (Å²) in [4.78, 5) is 33.0. The largest absolute Gasteiger partial charge is 0.493 e. The summed E-state index contributed by atoms with van der Waals surface area (Å²) in [6, 6.07) is 2.32. The molecule has 212 valence electrons. The van der Waals surface area contributed by atoms with Crippen molar-refractivity contribution in [3.05, 3.63) is 53.1 Å². The van der Waals surface area contributed by atoms with Crippen molar-refractivity contribution in [2.24, 2.45) is 10.7 Å². The molecule has 2 aliphatic rings. The molecular weight excluding hydrogens is 522 g/mol. The van der Waals surface area contributed by atoms with E-state index in [1.165, 1.54) is 38.6 Å². The molecule has 13 heteroatoms. The van der Waals surface area contributed by atoms with Gasteiger partial charge in [-0.3, -0.25) is 19.7 Å². The second kappa shape index (κ2) is 11.1. The van der Waals surface area contributed by atoms with Crippen molar-refractivity contribution in [2.75, 3.05) is 64.3 Å². The fourth-order valence-electron chi connectivity index (χ4n) is 5.15. The minimum atomic E-state index is -1.04. The number of aromatic amines is 1. The first kappa shape index (κ1) is 27.3. The second-order valence-corrected chi connectivity index (χ2v) is 9.71. The number of fused-ring (bicyclic) bond motifs is 3. The number of carbonyl (C=O) groups excluding carboxylic acids is 1. The Labute approximate surface area is 230 Å². The third kappa shape index (κ3) is 4.71. The van der Waals surface area contributed by atoms with Gasteiger partial charge in [-0.15, -0.1) is 0 Å². The molecule has 0 atom stereocenters. The van der Waals surface area contributed by atoms with Gasteiger partial charge in [0.05, 0.1) is 32.1 Å². The molecule has 0 radical (unpaired) electrons. The number of pyridine rings is 1. The summed E-state index contributed by atoms with van der Waals surface area (Å²) in [5, 5.41) is 0.683. The van der Waals surface area contributed by atoms with Crippen molar-refractivity contribution >= 4 is 34.7 Å². The Morgan fingerprint density at radius 3 is 2.40 bits per heavy atom. The van der Waals surface area contributed by atoms with Crippen LogP contribution in [0.3, 0.4) is 0 Å². The smallest absolute Gasteiger partial charge is 0.334 e. The normalized spacial score (nSPS) is 17.2. The number of anilines is 2. The number of piperazine rings is 1. The Hall–Kier alpha value is -4.23. The lowest BCUT2D eigenvalue weighted by Crippen LogP contribution is -2.48. The van der Waals surface area contributed by atoms with Gasteiger partial charge in [0, 0.05) is 81.1 Å². The number of aromatic nitrogens is 2. The number of halogens is 2. The van der Waals surface area contributed by atoms with Crippen LogP contribution in [0.4, 0.5) is 25.0 Å². The Balaban J connectivity index is 1.64. The molecule has 0 unspecified atom stereocenters. The van der Waals surface area contributed by atoms with Crippen molar-refractivity contribution in [3.63, 3.8) is 0 Å². The van der Waals surface area contributed by atoms with Gasteiger partial charge in [-0.05, 0) is 13.1 Å². The van der Waals surface area contributed by atoms with E-state index in [0.717, 1.165) is 42.8 Å². The summed E-state index contributed by atoms with van der Waals surface area (Å²) in [6.07, 6.45) is 4.22. The minimum Gasteiger partial charge on any atom is -0.493 e. The number of ether oxygens (including phenoxy) is 2. The highest BCUT2D eigenvalue weighted by Crippen LogP contribution is 2.43. The van der Waals surface area contributed by atoms with E-state index < -0.39 is 23.4 Å². The van der Waals surface area contributed by atoms with Gasteiger partial charge >= 0.3 is 6.03 Å². The van der Waals surface area contributed by atoms with Gasteiger partial charge < -0.3 is 25.1 Å². The molecule has 0 bridgehead atoms. The van der Waals surface area contributed by atoms with E-state index in [9.17, 15) is 4.79 Å². The summed E-state index contributed by atoms with van der Waals surface area (Å²) in [6.45, 7) is 4.37. The monoisotopic (exact) mass is 554 g/mol. The van der Waals surface area contributed by atoms with Gasteiger partial charge in [0.15, 0.2) is 23.1 Å². The van der Waals surface area contributed by atoms with Crippen molar-refractivity contribution < 1.29 is 23.0 Å². The van der Waals surface area contributed by atoms with E-state index in [2.05, 4.69) is 31.8 Å². The number of amides is 2. The Morgan fingerprint density at radius 2 is 1.80 bits per heavy atom. The first-order valence-electron chi connectivity index (χ1n) is 12.8. The number of nitrogens with zero attached hydrogens (tertiary/aromatic N) is 6. The van der Waals surface area contributed by atoms with Crippen LogP contribution in [0.25, 0.3) is 11.0 Å². The summed E-state index contributed by atoms with van der Waals surface area (Å²) < 4.78 is 41.2. The molecule has 2 aromatic heterocycles. The standard InChI is InChI=1S/C27H32F2N8O3/c1-31-13-18(11-30)37-24-16(12-32-26-19(24)9-17(33-26)15-35-7-5-34(2)6-8-35)14-36(27(37)38)25-22(28)20(39-3)10-21(40-4)23(25)29/h9-13H,5-8,14-15,30H2,1-4H3,(H,32,33)/b18-11+,31-13?. The number of methoxy groups -OCH3 is 2. The lowest BCUT2D eigenvalue weighted by molar-refractivity contribution is 0.147. The first-order chi connectivity index (χ1) is 19.3. The molecular formula is C27H32F2N8O3. The maximum atomic E-state index is 15.5. The highest BCUT2D eigenvalue weighted by molar-refractivity contribution is 6.16. The Bertz CT molecular complexity index is 1470. The molecule has 0 saturated carbocycles. The van der Waals surface area contributed by atoms with Crippen molar-refractivity contribution in [1.29, 1.82) is 0 Å². The lowest BCUT2D eigenvalue weighted by Gasteiger charge is -2.37. The number of urea groups is 1. The summed E-state index contributed by atoms with van der Waals surface area (Å²) >= 11 is 0. The van der Waals surface area contributed by atoms with Crippen LogP contribution in [0.5, 0.6) is 11.5 Å². The molecule has 4 heterocycles. The van der Waals surface area contributed by atoms with Gasteiger partial charge in [-0.25, -0.2) is 18.6 Å². The van der Waals surface area contributed by atoms with E-state index in [4.69, 9.17) is 15.2 Å². The highest BCUT2D eigenvalue weighted by Gasteiger charge is 2.39. The molecule has 3 aromatic rings.